The summed E-state index contributed by atoms with van der Waals surface area (Å²) in [4.78, 5) is 14.8. The Hall–Kier alpha value is -1.42. The average Bonchev–Trinajstić information content (AvgIpc) is 2.98. The van der Waals surface area contributed by atoms with E-state index in [1.807, 2.05) is 0 Å². The van der Waals surface area contributed by atoms with E-state index in [9.17, 15) is 4.79 Å². The fourth-order valence-corrected chi connectivity index (χ4v) is 2.35. The molecular formula is C11H12N2O2. The summed E-state index contributed by atoms with van der Waals surface area (Å²) in [5.74, 6) is -0.943. The Bertz CT molecular complexity index is 438. The van der Waals surface area contributed by atoms with E-state index in [0.717, 1.165) is 31.4 Å². The molecule has 15 heavy (non-hydrogen) atoms. The van der Waals surface area contributed by atoms with E-state index in [2.05, 4.69) is 10.3 Å². The smallest absolute Gasteiger partial charge is 0.354 e. The van der Waals surface area contributed by atoms with Crippen LogP contribution in [-0.2, 0) is 12.0 Å². The van der Waals surface area contributed by atoms with Crippen molar-refractivity contribution in [2.24, 2.45) is 0 Å². The van der Waals surface area contributed by atoms with E-state index >= 15 is 0 Å². The lowest BCUT2D eigenvalue weighted by atomic mass is 9.94. The second-order valence-electron chi connectivity index (χ2n) is 4.29. The van der Waals surface area contributed by atoms with Crippen molar-refractivity contribution in [3.63, 3.8) is 0 Å². The van der Waals surface area contributed by atoms with Gasteiger partial charge in [0, 0.05) is 18.3 Å². The van der Waals surface area contributed by atoms with Gasteiger partial charge < -0.3 is 10.4 Å². The number of carboxylic acids is 1. The Kier molecular flexibility index (Phi) is 1.65. The number of hydrogen-bond acceptors (Lipinski definition) is 3. The maximum absolute atomic E-state index is 10.8. The van der Waals surface area contributed by atoms with Crippen LogP contribution in [0.4, 0.5) is 0 Å². The maximum atomic E-state index is 10.8. The summed E-state index contributed by atoms with van der Waals surface area (Å²) in [7, 11) is 0. The van der Waals surface area contributed by atoms with Gasteiger partial charge in [-0.2, -0.15) is 0 Å². The second kappa shape index (κ2) is 2.79. The van der Waals surface area contributed by atoms with Crippen molar-refractivity contribution < 1.29 is 9.90 Å². The summed E-state index contributed by atoms with van der Waals surface area (Å²) >= 11 is 0. The molecule has 1 aliphatic carbocycles. The van der Waals surface area contributed by atoms with E-state index in [0.29, 0.717) is 0 Å². The normalized spacial score (nSPS) is 21.1. The molecule has 78 valence electrons. The Labute approximate surface area is 87.3 Å². The third kappa shape index (κ3) is 1.25. The first-order valence-corrected chi connectivity index (χ1v) is 5.19. The molecule has 1 aliphatic heterocycles. The highest BCUT2D eigenvalue weighted by Gasteiger charge is 2.47. The number of fused-ring (bicyclic) bond motifs is 2. The summed E-state index contributed by atoms with van der Waals surface area (Å²) in [5.41, 5.74) is 2.65. The van der Waals surface area contributed by atoms with Crippen LogP contribution in [0.3, 0.4) is 0 Å². The Morgan fingerprint density at radius 1 is 1.53 bits per heavy atom. The summed E-state index contributed by atoms with van der Waals surface area (Å²) < 4.78 is 0. The number of carboxylic acid groups (broad SMARTS) is 1. The molecule has 0 atom stereocenters. The number of nitrogens with one attached hydrogen (secondary N) is 1. The molecule has 0 bridgehead atoms. The first-order valence-electron chi connectivity index (χ1n) is 5.19. The molecule has 0 unspecified atom stereocenters. The largest absolute Gasteiger partial charge is 0.477 e. The van der Waals surface area contributed by atoms with Crippen molar-refractivity contribution in [1.29, 1.82) is 0 Å². The monoisotopic (exact) mass is 204 g/mol. The minimum atomic E-state index is -0.943. The number of rotatable bonds is 1. The zero-order chi connectivity index (χ0) is 10.5. The number of nitrogens with zero attached hydrogens (tertiary/aromatic N) is 1. The zero-order valence-corrected chi connectivity index (χ0v) is 8.29. The van der Waals surface area contributed by atoms with Gasteiger partial charge in [0.25, 0.3) is 0 Å². The zero-order valence-electron chi connectivity index (χ0n) is 8.29. The van der Waals surface area contributed by atoms with Gasteiger partial charge in [0.05, 0.1) is 0 Å². The number of pyridine rings is 1. The highest BCUT2D eigenvalue weighted by molar-refractivity contribution is 5.85. The fraction of sp³-hybridized carbons (Fsp3) is 0.455. The van der Waals surface area contributed by atoms with Crippen LogP contribution in [0.15, 0.2) is 12.3 Å². The average molecular weight is 204 g/mol. The minimum Gasteiger partial charge on any atom is -0.477 e. The highest BCUT2D eigenvalue weighted by atomic mass is 16.4. The van der Waals surface area contributed by atoms with Gasteiger partial charge in [0.2, 0.25) is 0 Å². The minimum absolute atomic E-state index is 0.137. The third-order valence-corrected chi connectivity index (χ3v) is 3.33. The lowest BCUT2D eigenvalue weighted by Gasteiger charge is -2.26. The van der Waals surface area contributed by atoms with E-state index in [4.69, 9.17) is 5.11 Å². The Morgan fingerprint density at radius 2 is 2.33 bits per heavy atom. The van der Waals surface area contributed by atoms with Crippen molar-refractivity contribution in [1.82, 2.24) is 10.3 Å². The summed E-state index contributed by atoms with van der Waals surface area (Å²) in [5, 5.41) is 12.3. The fourth-order valence-electron chi connectivity index (χ4n) is 2.35. The molecule has 2 heterocycles. The van der Waals surface area contributed by atoms with Crippen LogP contribution in [-0.4, -0.2) is 22.6 Å². The molecule has 2 aliphatic rings. The standard InChI is InChI=1S/C11H12N2O2/c14-10(15)9-5-7-1-4-13-11(2-3-11)8(7)6-12-9/h5-6,13H,1-4H2,(H,14,15). The maximum Gasteiger partial charge on any atom is 0.354 e. The molecule has 2 N–H and O–H groups in total. The van der Waals surface area contributed by atoms with Gasteiger partial charge in [-0.15, -0.1) is 0 Å². The van der Waals surface area contributed by atoms with Crippen molar-refractivity contribution in [3.05, 3.63) is 29.1 Å². The number of hydrogen-bond donors (Lipinski definition) is 2. The second-order valence-corrected chi connectivity index (χ2v) is 4.29. The summed E-state index contributed by atoms with van der Waals surface area (Å²) in [6, 6.07) is 1.72. The van der Waals surface area contributed by atoms with E-state index in [1.54, 1.807) is 12.3 Å². The molecule has 1 aromatic heterocycles. The molecule has 0 radical (unpaired) electrons. The van der Waals surface area contributed by atoms with Crippen molar-refractivity contribution in [2.45, 2.75) is 24.8 Å². The third-order valence-electron chi connectivity index (χ3n) is 3.33. The Morgan fingerprint density at radius 3 is 3.00 bits per heavy atom. The van der Waals surface area contributed by atoms with Crippen molar-refractivity contribution in [3.8, 4) is 0 Å². The molecule has 4 nitrogen and oxygen atoms in total. The van der Waals surface area contributed by atoms with Gasteiger partial charge in [-0.25, -0.2) is 9.78 Å². The predicted molar refractivity (Wildman–Crippen MR) is 53.8 cm³/mol. The SMILES string of the molecule is O=C(O)c1cc2c(cn1)C1(CC1)NCC2. The number of aromatic carboxylic acids is 1. The highest BCUT2D eigenvalue weighted by Crippen LogP contribution is 2.48. The van der Waals surface area contributed by atoms with E-state index in [-0.39, 0.29) is 11.2 Å². The molecule has 1 fully saturated rings. The molecule has 1 saturated carbocycles. The van der Waals surface area contributed by atoms with Gasteiger partial charge in [0.1, 0.15) is 5.69 Å². The molecule has 0 saturated heterocycles. The molecular weight excluding hydrogens is 192 g/mol. The van der Waals surface area contributed by atoms with Gasteiger partial charge in [-0.05, 0) is 36.5 Å². The van der Waals surface area contributed by atoms with Crippen LogP contribution in [0.1, 0.15) is 34.5 Å². The summed E-state index contributed by atoms with van der Waals surface area (Å²) in [6.45, 7) is 0.941. The van der Waals surface area contributed by atoms with E-state index in [1.165, 1.54) is 5.56 Å². The predicted octanol–water partition coefficient (Wildman–Crippen LogP) is 0.915. The van der Waals surface area contributed by atoms with Gasteiger partial charge >= 0.3 is 5.97 Å². The number of aromatic nitrogens is 1. The molecule has 0 amide bonds. The van der Waals surface area contributed by atoms with Crippen LogP contribution in [0.5, 0.6) is 0 Å². The van der Waals surface area contributed by atoms with E-state index < -0.39 is 5.97 Å². The Balaban J connectivity index is 2.09. The molecule has 1 spiro atoms. The first kappa shape index (κ1) is 8.85. The molecule has 4 heteroatoms. The molecule has 0 aromatic carbocycles. The lowest BCUT2D eigenvalue weighted by molar-refractivity contribution is 0.0690. The van der Waals surface area contributed by atoms with Crippen molar-refractivity contribution >= 4 is 5.97 Å². The van der Waals surface area contributed by atoms with Gasteiger partial charge in [-0.1, -0.05) is 0 Å². The number of carbonyl (C=O) groups is 1. The van der Waals surface area contributed by atoms with Gasteiger partial charge in [-0.3, -0.25) is 0 Å². The van der Waals surface area contributed by atoms with Crippen LogP contribution < -0.4 is 5.32 Å². The van der Waals surface area contributed by atoms with Gasteiger partial charge in [0.15, 0.2) is 0 Å². The van der Waals surface area contributed by atoms with Crippen LogP contribution in [0, 0.1) is 0 Å². The van der Waals surface area contributed by atoms with Crippen LogP contribution in [0.2, 0.25) is 0 Å². The van der Waals surface area contributed by atoms with Crippen LogP contribution in [0.25, 0.3) is 0 Å². The van der Waals surface area contributed by atoms with Crippen LogP contribution >= 0.6 is 0 Å². The molecule has 1 aromatic rings. The summed E-state index contributed by atoms with van der Waals surface area (Å²) in [6.07, 6.45) is 4.93. The topological polar surface area (TPSA) is 62.2 Å². The van der Waals surface area contributed by atoms with Crippen molar-refractivity contribution in [2.75, 3.05) is 6.54 Å². The molecule has 3 rings (SSSR count). The first-order chi connectivity index (χ1) is 7.21. The quantitative estimate of drug-likeness (QED) is 0.714. The lowest BCUT2D eigenvalue weighted by Crippen LogP contribution is -2.36.